The molecule has 1 N–H and O–H groups in total. The van der Waals surface area contributed by atoms with Crippen LogP contribution in [0.15, 0.2) is 155 Å². The number of anilines is 1. The number of amides is 1. The number of nitro benzene ring substituents is 1. The Labute approximate surface area is 338 Å². The number of nitro groups is 1. The first-order valence-electron chi connectivity index (χ1n) is 18.9. The zero-order valence-corrected chi connectivity index (χ0v) is 32.3. The second-order valence-electron chi connectivity index (χ2n) is 14.1. The van der Waals surface area contributed by atoms with Crippen LogP contribution in [0.2, 0.25) is 0 Å². The van der Waals surface area contributed by atoms with E-state index in [0.717, 1.165) is 54.8 Å². The first kappa shape index (κ1) is 39.1. The average molecular weight is 814 g/mol. The maximum atomic E-state index is 14.3. The van der Waals surface area contributed by atoms with Gasteiger partial charge in [0.1, 0.15) is 35.1 Å². The first-order valence-corrected chi connectivity index (χ1v) is 20.4. The Hall–Kier alpha value is -6.77. The summed E-state index contributed by atoms with van der Waals surface area (Å²) in [6.07, 6.45) is 2.22. The van der Waals surface area contributed by atoms with E-state index in [1.54, 1.807) is 4.68 Å². The van der Waals surface area contributed by atoms with E-state index >= 15 is 0 Å². The molecule has 14 heteroatoms. The standard InChI is InChI=1S/C45H37F2N5O6S/c46-34-26-35(47)28-38(27-34)59(56,57)37-19-21-41-40(30-37)43(48-44(53)39-20-18-36(29-42(39)52(54)55)58-25-24-50-22-10-11-23-50)49-51(41)45(31-12-4-1-5-13-31,32-14-6-2-7-15-32)33-16-8-3-9-17-33/h1-9,12-21,26-30H,10-11,22-25H2,(H,48,49,53). The molecular weight excluding hydrogens is 777 g/mol. The summed E-state index contributed by atoms with van der Waals surface area (Å²) in [5, 5.41) is 20.3. The van der Waals surface area contributed by atoms with Crippen molar-refractivity contribution >= 4 is 38.2 Å². The largest absolute Gasteiger partial charge is 0.492 e. The Bertz CT molecular complexity index is 2660. The minimum atomic E-state index is -4.53. The number of carbonyl (C=O) groups is 1. The molecule has 1 aliphatic heterocycles. The van der Waals surface area contributed by atoms with Crippen molar-refractivity contribution in [2.75, 3.05) is 31.6 Å². The van der Waals surface area contributed by atoms with Crippen LogP contribution < -0.4 is 10.1 Å². The van der Waals surface area contributed by atoms with Crippen LogP contribution in [0, 0.1) is 21.7 Å². The van der Waals surface area contributed by atoms with E-state index in [-0.39, 0.29) is 27.4 Å². The van der Waals surface area contributed by atoms with Crippen molar-refractivity contribution in [3.05, 3.63) is 190 Å². The summed E-state index contributed by atoms with van der Waals surface area (Å²) in [4.78, 5) is 27.2. The lowest BCUT2D eigenvalue weighted by atomic mass is 9.77. The SMILES string of the molecule is O=C(Nc1nn(C(c2ccccc2)(c2ccccc2)c2ccccc2)c2ccc(S(=O)(=O)c3cc(F)cc(F)c3)cc12)c1ccc(OCCN2CCCC2)cc1[N+](=O)[O-]. The lowest BCUT2D eigenvalue weighted by molar-refractivity contribution is -0.385. The second kappa shape index (κ2) is 16.2. The zero-order chi connectivity index (χ0) is 41.1. The molecule has 7 aromatic rings. The van der Waals surface area contributed by atoms with Gasteiger partial charge in [0, 0.05) is 18.0 Å². The summed E-state index contributed by atoms with van der Waals surface area (Å²) < 4.78 is 64.1. The van der Waals surface area contributed by atoms with Gasteiger partial charge >= 0.3 is 0 Å². The maximum absolute atomic E-state index is 14.3. The number of likely N-dealkylation sites (tertiary alicyclic amines) is 1. The fourth-order valence-electron chi connectivity index (χ4n) is 7.76. The molecule has 6 aromatic carbocycles. The van der Waals surface area contributed by atoms with Gasteiger partial charge in [-0.2, -0.15) is 5.10 Å². The predicted octanol–water partition coefficient (Wildman–Crippen LogP) is 8.62. The van der Waals surface area contributed by atoms with Gasteiger partial charge in [-0.1, -0.05) is 91.0 Å². The van der Waals surface area contributed by atoms with Crippen LogP contribution in [0.5, 0.6) is 5.75 Å². The van der Waals surface area contributed by atoms with E-state index in [1.165, 1.54) is 36.4 Å². The molecule has 1 saturated heterocycles. The van der Waals surface area contributed by atoms with Gasteiger partial charge in [-0.05, 0) is 85.1 Å². The van der Waals surface area contributed by atoms with Crippen LogP contribution >= 0.6 is 0 Å². The normalized spacial score (nSPS) is 13.4. The third-order valence-corrected chi connectivity index (χ3v) is 12.2. The Morgan fingerprint density at radius 1 is 0.763 bits per heavy atom. The van der Waals surface area contributed by atoms with E-state index in [4.69, 9.17) is 9.84 Å². The highest BCUT2D eigenvalue weighted by atomic mass is 32.2. The van der Waals surface area contributed by atoms with Gasteiger partial charge in [0.15, 0.2) is 5.82 Å². The molecule has 1 aliphatic rings. The number of ether oxygens (including phenoxy) is 1. The van der Waals surface area contributed by atoms with E-state index in [9.17, 15) is 32.1 Å². The van der Waals surface area contributed by atoms with Crippen molar-refractivity contribution in [1.29, 1.82) is 0 Å². The van der Waals surface area contributed by atoms with Crippen molar-refractivity contribution in [3.8, 4) is 5.75 Å². The monoisotopic (exact) mass is 813 g/mol. The lowest BCUT2D eigenvalue weighted by Gasteiger charge is -2.37. The molecule has 0 unspecified atom stereocenters. The maximum Gasteiger partial charge on any atom is 0.285 e. The molecule has 1 amide bonds. The average Bonchev–Trinajstić information content (AvgIpc) is 3.90. The van der Waals surface area contributed by atoms with E-state index in [0.29, 0.717) is 24.7 Å². The fraction of sp³-hybridized carbons (Fsp3) is 0.156. The molecule has 59 heavy (non-hydrogen) atoms. The molecule has 0 saturated carbocycles. The quantitative estimate of drug-likeness (QED) is 0.0695. The third-order valence-electron chi connectivity index (χ3n) is 10.5. The molecule has 298 valence electrons. The van der Waals surface area contributed by atoms with E-state index in [2.05, 4.69) is 10.2 Å². The Morgan fingerprint density at radius 2 is 1.34 bits per heavy atom. The summed E-state index contributed by atoms with van der Waals surface area (Å²) in [5.41, 5.74) is 0.625. The van der Waals surface area contributed by atoms with Gasteiger partial charge in [0.25, 0.3) is 11.6 Å². The Morgan fingerprint density at radius 3 is 1.90 bits per heavy atom. The highest BCUT2D eigenvalue weighted by Crippen LogP contribution is 2.44. The van der Waals surface area contributed by atoms with Crippen LogP contribution in [0.25, 0.3) is 10.9 Å². The molecule has 1 aromatic heterocycles. The van der Waals surface area contributed by atoms with Crippen molar-refractivity contribution in [3.63, 3.8) is 0 Å². The number of nitrogens with one attached hydrogen (secondary N) is 1. The zero-order valence-electron chi connectivity index (χ0n) is 31.5. The van der Waals surface area contributed by atoms with Crippen LogP contribution in [0.1, 0.15) is 39.9 Å². The summed E-state index contributed by atoms with van der Waals surface area (Å²) in [5.74, 6) is -2.94. The number of fused-ring (bicyclic) bond motifs is 1. The van der Waals surface area contributed by atoms with Gasteiger partial charge < -0.3 is 10.1 Å². The number of nitrogens with zero attached hydrogens (tertiary/aromatic N) is 4. The van der Waals surface area contributed by atoms with Gasteiger partial charge in [0.05, 0.1) is 26.3 Å². The lowest BCUT2D eigenvalue weighted by Crippen LogP contribution is -2.38. The molecule has 11 nitrogen and oxygen atoms in total. The first-order chi connectivity index (χ1) is 28.5. The number of sulfone groups is 1. The summed E-state index contributed by atoms with van der Waals surface area (Å²) >= 11 is 0. The summed E-state index contributed by atoms with van der Waals surface area (Å²) in [6.45, 7) is 2.90. The highest BCUT2D eigenvalue weighted by Gasteiger charge is 2.41. The Balaban J connectivity index is 1.31. The number of carbonyl (C=O) groups excluding carboxylic acids is 1. The highest BCUT2D eigenvalue weighted by molar-refractivity contribution is 7.91. The minimum Gasteiger partial charge on any atom is -0.492 e. The molecule has 2 heterocycles. The van der Waals surface area contributed by atoms with Gasteiger partial charge in [-0.3, -0.25) is 19.8 Å². The molecule has 0 radical (unpaired) electrons. The fourth-order valence-corrected chi connectivity index (χ4v) is 9.08. The van der Waals surface area contributed by atoms with Gasteiger partial charge in [-0.25, -0.2) is 21.9 Å². The van der Waals surface area contributed by atoms with E-state index in [1.807, 2.05) is 91.0 Å². The number of benzene rings is 6. The van der Waals surface area contributed by atoms with Crippen LogP contribution in [0.3, 0.4) is 0 Å². The Kier molecular flexibility index (Phi) is 10.8. The number of rotatable bonds is 13. The van der Waals surface area contributed by atoms with Gasteiger partial charge in [-0.15, -0.1) is 0 Å². The molecule has 0 aliphatic carbocycles. The van der Waals surface area contributed by atoms with Crippen LogP contribution in [-0.2, 0) is 15.4 Å². The molecule has 8 rings (SSSR count). The third kappa shape index (κ3) is 7.55. The molecule has 1 fully saturated rings. The van der Waals surface area contributed by atoms with E-state index < -0.39 is 48.4 Å². The number of hydrogen-bond acceptors (Lipinski definition) is 8. The summed E-state index contributed by atoms with van der Waals surface area (Å²) in [7, 11) is -4.53. The summed E-state index contributed by atoms with van der Waals surface area (Å²) in [6, 6.07) is 38.6. The molecule has 0 bridgehead atoms. The predicted molar refractivity (Wildman–Crippen MR) is 218 cm³/mol. The van der Waals surface area contributed by atoms with Crippen molar-refractivity contribution in [1.82, 2.24) is 14.7 Å². The molecule has 0 atom stereocenters. The van der Waals surface area contributed by atoms with Crippen LogP contribution in [0.4, 0.5) is 20.3 Å². The topological polar surface area (TPSA) is 137 Å². The van der Waals surface area contributed by atoms with Crippen LogP contribution in [-0.4, -0.2) is 60.2 Å². The molecular formula is C45H37F2N5O6S. The minimum absolute atomic E-state index is 0.125. The second-order valence-corrected chi connectivity index (χ2v) is 16.1. The number of halogens is 2. The van der Waals surface area contributed by atoms with Crippen molar-refractivity contribution < 1.29 is 31.7 Å². The molecule has 0 spiro atoms. The smallest absolute Gasteiger partial charge is 0.285 e. The van der Waals surface area contributed by atoms with Crippen molar-refractivity contribution in [2.24, 2.45) is 0 Å². The van der Waals surface area contributed by atoms with Crippen molar-refractivity contribution in [2.45, 2.75) is 28.2 Å². The number of hydrogen-bond donors (Lipinski definition) is 1. The van der Waals surface area contributed by atoms with Gasteiger partial charge in [0.2, 0.25) is 9.84 Å². The number of aromatic nitrogens is 2.